The van der Waals surface area contributed by atoms with E-state index in [1.54, 1.807) is 11.3 Å². The quantitative estimate of drug-likeness (QED) is 0.494. The lowest BCUT2D eigenvalue weighted by Crippen LogP contribution is -2.33. The van der Waals surface area contributed by atoms with E-state index in [4.69, 9.17) is 5.73 Å². The highest BCUT2D eigenvalue weighted by atomic mass is 127. The number of nitrogens with one attached hydrogen (secondary N) is 1. The SMILES string of the molecule is CCc1cnc(CN=C(N)NC2CC2)s1.I. The third kappa shape index (κ3) is 4.25. The first kappa shape index (κ1) is 13.7. The molecule has 0 aromatic carbocycles. The lowest BCUT2D eigenvalue weighted by molar-refractivity contribution is 0.877. The Kier molecular flexibility index (Phi) is 5.47. The van der Waals surface area contributed by atoms with E-state index in [-0.39, 0.29) is 24.0 Å². The van der Waals surface area contributed by atoms with Gasteiger partial charge < -0.3 is 11.1 Å². The molecule has 3 N–H and O–H groups in total. The Balaban J connectivity index is 0.00000128. The second kappa shape index (κ2) is 6.39. The average Bonchev–Trinajstić information content (AvgIpc) is 2.92. The summed E-state index contributed by atoms with van der Waals surface area (Å²) in [5.41, 5.74) is 5.72. The third-order valence-corrected chi connectivity index (χ3v) is 3.39. The first-order valence-corrected chi connectivity index (χ1v) is 6.09. The summed E-state index contributed by atoms with van der Waals surface area (Å²) in [6.45, 7) is 2.72. The van der Waals surface area contributed by atoms with Gasteiger partial charge in [0.25, 0.3) is 0 Å². The van der Waals surface area contributed by atoms with Gasteiger partial charge >= 0.3 is 0 Å². The Morgan fingerprint density at radius 3 is 3.00 bits per heavy atom. The second-order valence-electron chi connectivity index (χ2n) is 3.69. The fourth-order valence-corrected chi connectivity index (χ4v) is 2.01. The first-order chi connectivity index (χ1) is 7.28. The normalized spacial score (nSPS) is 15.7. The van der Waals surface area contributed by atoms with E-state index in [0.717, 1.165) is 11.4 Å². The molecule has 0 bridgehead atoms. The molecule has 16 heavy (non-hydrogen) atoms. The van der Waals surface area contributed by atoms with Crippen LogP contribution in [0.3, 0.4) is 0 Å². The molecule has 6 heteroatoms. The topological polar surface area (TPSA) is 63.3 Å². The number of nitrogens with two attached hydrogens (primary N) is 1. The zero-order chi connectivity index (χ0) is 10.7. The van der Waals surface area contributed by atoms with Crippen molar-refractivity contribution in [2.75, 3.05) is 0 Å². The summed E-state index contributed by atoms with van der Waals surface area (Å²) in [5, 5.41) is 4.18. The Bertz CT molecular complexity index is 359. The van der Waals surface area contributed by atoms with Crippen LogP contribution in [0.2, 0.25) is 0 Å². The molecule has 0 spiro atoms. The van der Waals surface area contributed by atoms with Gasteiger partial charge in [-0.2, -0.15) is 0 Å². The first-order valence-electron chi connectivity index (χ1n) is 5.28. The van der Waals surface area contributed by atoms with Crippen molar-refractivity contribution in [3.8, 4) is 0 Å². The molecule has 1 fully saturated rings. The summed E-state index contributed by atoms with van der Waals surface area (Å²) in [5.74, 6) is 0.547. The molecule has 1 heterocycles. The van der Waals surface area contributed by atoms with Crippen molar-refractivity contribution in [1.82, 2.24) is 10.3 Å². The molecule has 0 atom stereocenters. The highest BCUT2D eigenvalue weighted by Gasteiger charge is 2.21. The fourth-order valence-electron chi connectivity index (χ4n) is 1.22. The van der Waals surface area contributed by atoms with Gasteiger partial charge in [-0.05, 0) is 19.3 Å². The number of thiazole rings is 1. The van der Waals surface area contributed by atoms with Gasteiger partial charge in [0.15, 0.2) is 5.96 Å². The molecule has 0 aliphatic heterocycles. The van der Waals surface area contributed by atoms with Crippen LogP contribution in [0, 0.1) is 0 Å². The third-order valence-electron chi connectivity index (χ3n) is 2.26. The number of nitrogens with zero attached hydrogens (tertiary/aromatic N) is 2. The van der Waals surface area contributed by atoms with E-state index in [1.807, 2.05) is 6.20 Å². The zero-order valence-corrected chi connectivity index (χ0v) is 12.4. The summed E-state index contributed by atoms with van der Waals surface area (Å²) in [6.07, 6.45) is 5.39. The number of guanidine groups is 1. The molecule has 0 amide bonds. The molecular formula is C10H17IN4S. The number of aromatic nitrogens is 1. The minimum absolute atomic E-state index is 0. The highest BCUT2D eigenvalue weighted by molar-refractivity contribution is 14.0. The van der Waals surface area contributed by atoms with Crippen molar-refractivity contribution in [2.45, 2.75) is 38.8 Å². The number of hydrogen-bond acceptors (Lipinski definition) is 3. The minimum atomic E-state index is 0. The van der Waals surface area contributed by atoms with Gasteiger partial charge in [0.1, 0.15) is 5.01 Å². The van der Waals surface area contributed by atoms with Gasteiger partial charge in [-0.3, -0.25) is 0 Å². The van der Waals surface area contributed by atoms with Crippen LogP contribution in [-0.2, 0) is 13.0 Å². The van der Waals surface area contributed by atoms with Crippen LogP contribution >= 0.6 is 35.3 Å². The molecule has 1 aromatic heterocycles. The molecule has 4 nitrogen and oxygen atoms in total. The highest BCUT2D eigenvalue weighted by Crippen LogP contribution is 2.18. The zero-order valence-electron chi connectivity index (χ0n) is 9.27. The molecule has 90 valence electrons. The van der Waals surface area contributed by atoms with E-state index in [9.17, 15) is 0 Å². The molecule has 1 aliphatic carbocycles. The molecule has 1 aliphatic rings. The van der Waals surface area contributed by atoms with Gasteiger partial charge in [0.2, 0.25) is 0 Å². The minimum Gasteiger partial charge on any atom is -0.370 e. The van der Waals surface area contributed by atoms with Gasteiger partial charge in [0.05, 0.1) is 6.54 Å². The van der Waals surface area contributed by atoms with Crippen molar-refractivity contribution in [1.29, 1.82) is 0 Å². The van der Waals surface area contributed by atoms with E-state index in [1.165, 1.54) is 17.7 Å². The standard InChI is InChI=1S/C10H16N4S.HI/c1-2-8-5-12-9(15-8)6-13-10(11)14-7-3-4-7;/h5,7H,2-4,6H2,1H3,(H3,11,13,14);1H. The summed E-state index contributed by atoms with van der Waals surface area (Å²) in [4.78, 5) is 9.84. The Morgan fingerprint density at radius 2 is 2.44 bits per heavy atom. The van der Waals surface area contributed by atoms with Crippen molar-refractivity contribution in [2.24, 2.45) is 10.7 Å². The number of aliphatic imine (C=N–C) groups is 1. The molecule has 0 saturated heterocycles. The molecule has 0 radical (unpaired) electrons. The maximum absolute atomic E-state index is 5.72. The number of rotatable bonds is 4. The van der Waals surface area contributed by atoms with Crippen LogP contribution in [0.1, 0.15) is 29.7 Å². The van der Waals surface area contributed by atoms with Crippen molar-refractivity contribution >= 4 is 41.3 Å². The predicted molar refractivity (Wildman–Crippen MR) is 78.4 cm³/mol. The number of halogens is 1. The van der Waals surface area contributed by atoms with Gasteiger partial charge in [-0.15, -0.1) is 35.3 Å². The van der Waals surface area contributed by atoms with E-state index in [2.05, 4.69) is 22.2 Å². The lowest BCUT2D eigenvalue weighted by Gasteiger charge is -2.01. The Labute approximate surface area is 117 Å². The lowest BCUT2D eigenvalue weighted by atomic mass is 10.4. The van der Waals surface area contributed by atoms with Crippen LogP contribution in [0.15, 0.2) is 11.2 Å². The van der Waals surface area contributed by atoms with Gasteiger partial charge in [-0.1, -0.05) is 6.92 Å². The van der Waals surface area contributed by atoms with Crippen molar-refractivity contribution in [3.63, 3.8) is 0 Å². The second-order valence-corrected chi connectivity index (χ2v) is 4.89. The molecule has 2 rings (SSSR count). The monoisotopic (exact) mass is 352 g/mol. The van der Waals surface area contributed by atoms with Crippen LogP contribution in [0.25, 0.3) is 0 Å². The van der Waals surface area contributed by atoms with Crippen molar-refractivity contribution in [3.05, 3.63) is 16.1 Å². The van der Waals surface area contributed by atoms with Gasteiger partial charge in [-0.25, -0.2) is 9.98 Å². The largest absolute Gasteiger partial charge is 0.370 e. The average molecular weight is 352 g/mol. The summed E-state index contributed by atoms with van der Waals surface area (Å²) < 4.78 is 0. The van der Waals surface area contributed by atoms with Crippen LogP contribution in [-0.4, -0.2) is 17.0 Å². The van der Waals surface area contributed by atoms with Crippen molar-refractivity contribution < 1.29 is 0 Å². The van der Waals surface area contributed by atoms with Crippen LogP contribution < -0.4 is 11.1 Å². The predicted octanol–water partition coefficient (Wildman–Crippen LogP) is 1.89. The van der Waals surface area contributed by atoms with Crippen LogP contribution in [0.4, 0.5) is 0 Å². The van der Waals surface area contributed by atoms with Crippen LogP contribution in [0.5, 0.6) is 0 Å². The summed E-state index contributed by atoms with van der Waals surface area (Å²) in [6, 6.07) is 0.566. The summed E-state index contributed by atoms with van der Waals surface area (Å²) in [7, 11) is 0. The maximum Gasteiger partial charge on any atom is 0.189 e. The molecule has 0 unspecified atom stereocenters. The fraction of sp³-hybridized carbons (Fsp3) is 0.600. The van der Waals surface area contributed by atoms with E-state index < -0.39 is 0 Å². The smallest absolute Gasteiger partial charge is 0.189 e. The molecular weight excluding hydrogens is 335 g/mol. The van der Waals surface area contributed by atoms with E-state index in [0.29, 0.717) is 18.5 Å². The molecule has 1 aromatic rings. The number of aryl methyl sites for hydroxylation is 1. The summed E-state index contributed by atoms with van der Waals surface area (Å²) >= 11 is 1.71. The Morgan fingerprint density at radius 1 is 1.69 bits per heavy atom. The molecule has 1 saturated carbocycles. The maximum atomic E-state index is 5.72. The Hall–Kier alpha value is -0.370. The number of hydrogen-bond donors (Lipinski definition) is 2. The van der Waals surface area contributed by atoms with E-state index >= 15 is 0 Å². The van der Waals surface area contributed by atoms with Gasteiger partial charge in [0, 0.05) is 17.1 Å².